The van der Waals surface area contributed by atoms with E-state index in [0.717, 1.165) is 12.1 Å². The average Bonchev–Trinajstić information content (AvgIpc) is 2.31. The molecule has 1 aromatic carbocycles. The lowest BCUT2D eigenvalue weighted by molar-refractivity contribution is -0.119. The number of primary amides is 1. The summed E-state index contributed by atoms with van der Waals surface area (Å²) in [5.41, 5.74) is 5.35. The lowest BCUT2D eigenvalue weighted by Gasteiger charge is -2.25. The SMILES string of the molecule is CC(=O)c1cc(F)cc(CN(CC(N)=O)C(C)C)c1O. The molecule has 0 saturated carbocycles. The van der Waals surface area contributed by atoms with E-state index in [-0.39, 0.29) is 36.0 Å². The number of ketones is 1. The summed E-state index contributed by atoms with van der Waals surface area (Å²) in [6, 6.07) is 2.12. The molecular weight excluding hydrogens is 263 g/mol. The second kappa shape index (κ2) is 6.47. The molecule has 0 radical (unpaired) electrons. The Morgan fingerprint density at radius 3 is 2.45 bits per heavy atom. The Balaban J connectivity index is 3.12. The summed E-state index contributed by atoms with van der Waals surface area (Å²) in [6.45, 7) is 5.08. The zero-order chi connectivity index (χ0) is 15.4. The van der Waals surface area contributed by atoms with Gasteiger partial charge in [-0.1, -0.05) is 0 Å². The number of aromatic hydroxyl groups is 1. The van der Waals surface area contributed by atoms with Gasteiger partial charge in [0, 0.05) is 18.2 Å². The minimum Gasteiger partial charge on any atom is -0.507 e. The van der Waals surface area contributed by atoms with Gasteiger partial charge in [0.05, 0.1) is 12.1 Å². The van der Waals surface area contributed by atoms with Crippen LogP contribution >= 0.6 is 0 Å². The maximum Gasteiger partial charge on any atom is 0.231 e. The van der Waals surface area contributed by atoms with Gasteiger partial charge < -0.3 is 10.8 Å². The van der Waals surface area contributed by atoms with E-state index in [1.54, 1.807) is 4.90 Å². The number of carbonyl (C=O) groups excluding carboxylic acids is 2. The number of benzene rings is 1. The molecular formula is C14H19FN2O3. The number of phenolic OH excluding ortho intramolecular Hbond substituents is 1. The first-order chi connectivity index (χ1) is 9.22. The highest BCUT2D eigenvalue weighted by atomic mass is 19.1. The Morgan fingerprint density at radius 2 is 2.00 bits per heavy atom. The average molecular weight is 282 g/mol. The van der Waals surface area contributed by atoms with Gasteiger partial charge in [-0.15, -0.1) is 0 Å². The number of phenols is 1. The molecule has 0 bridgehead atoms. The molecule has 3 N–H and O–H groups in total. The first-order valence-corrected chi connectivity index (χ1v) is 6.27. The van der Waals surface area contributed by atoms with Crippen LogP contribution < -0.4 is 5.73 Å². The van der Waals surface area contributed by atoms with Crippen LogP contribution in [0.1, 0.15) is 36.7 Å². The van der Waals surface area contributed by atoms with Crippen LogP contribution in [0.15, 0.2) is 12.1 Å². The highest BCUT2D eigenvalue weighted by Gasteiger charge is 2.18. The van der Waals surface area contributed by atoms with E-state index in [1.807, 2.05) is 13.8 Å². The second-order valence-corrected chi connectivity index (χ2v) is 4.98. The van der Waals surface area contributed by atoms with Crippen LogP contribution in [0.5, 0.6) is 5.75 Å². The van der Waals surface area contributed by atoms with Gasteiger partial charge in [-0.05, 0) is 32.9 Å². The minimum atomic E-state index is -0.606. The summed E-state index contributed by atoms with van der Waals surface area (Å²) < 4.78 is 13.5. The maximum absolute atomic E-state index is 13.5. The molecule has 6 heteroatoms. The topological polar surface area (TPSA) is 83.6 Å². The molecule has 0 unspecified atom stereocenters. The number of Topliss-reactive ketones (excluding diaryl/α,β-unsaturated/α-hetero) is 1. The first kappa shape index (κ1) is 16.1. The lowest BCUT2D eigenvalue weighted by atomic mass is 10.0. The molecule has 110 valence electrons. The summed E-state index contributed by atoms with van der Waals surface area (Å²) in [4.78, 5) is 24.1. The molecule has 0 atom stereocenters. The number of amides is 1. The van der Waals surface area contributed by atoms with Crippen molar-refractivity contribution in [3.05, 3.63) is 29.1 Å². The van der Waals surface area contributed by atoms with Crippen LogP contribution in [0.25, 0.3) is 0 Å². The lowest BCUT2D eigenvalue weighted by Crippen LogP contribution is -2.38. The number of nitrogens with two attached hydrogens (primary N) is 1. The molecule has 5 nitrogen and oxygen atoms in total. The molecule has 0 aliphatic rings. The summed E-state index contributed by atoms with van der Waals surface area (Å²) in [5.74, 6) is -1.80. The zero-order valence-corrected chi connectivity index (χ0v) is 11.8. The Bertz CT molecular complexity index is 529. The molecule has 0 saturated heterocycles. The van der Waals surface area contributed by atoms with Crippen LogP contribution in [0.2, 0.25) is 0 Å². The van der Waals surface area contributed by atoms with E-state index in [4.69, 9.17) is 5.73 Å². The van der Waals surface area contributed by atoms with E-state index >= 15 is 0 Å². The van der Waals surface area contributed by atoms with Crippen molar-refractivity contribution in [1.29, 1.82) is 0 Å². The molecule has 0 aromatic heterocycles. The molecule has 0 fully saturated rings. The van der Waals surface area contributed by atoms with Crippen molar-refractivity contribution in [3.8, 4) is 5.75 Å². The van der Waals surface area contributed by atoms with Gasteiger partial charge in [0.2, 0.25) is 5.91 Å². The summed E-state index contributed by atoms with van der Waals surface area (Å²) >= 11 is 0. The van der Waals surface area contributed by atoms with E-state index in [2.05, 4.69) is 0 Å². The van der Waals surface area contributed by atoms with Gasteiger partial charge in [0.25, 0.3) is 0 Å². The van der Waals surface area contributed by atoms with Gasteiger partial charge in [-0.25, -0.2) is 4.39 Å². The molecule has 1 amide bonds. The van der Waals surface area contributed by atoms with Crippen LogP contribution in [-0.4, -0.2) is 34.3 Å². The van der Waals surface area contributed by atoms with Gasteiger partial charge in [-0.2, -0.15) is 0 Å². The van der Waals surface area contributed by atoms with E-state index in [1.165, 1.54) is 6.92 Å². The number of hydrogen-bond donors (Lipinski definition) is 2. The van der Waals surface area contributed by atoms with Crippen LogP contribution in [0.4, 0.5) is 4.39 Å². The number of rotatable bonds is 6. The normalized spacial score (nSPS) is 11.1. The fraction of sp³-hybridized carbons (Fsp3) is 0.429. The highest BCUT2D eigenvalue weighted by Crippen LogP contribution is 2.26. The zero-order valence-electron chi connectivity index (χ0n) is 11.8. The maximum atomic E-state index is 13.5. The third-order valence-corrected chi connectivity index (χ3v) is 3.00. The van der Waals surface area contributed by atoms with Crippen molar-refractivity contribution in [1.82, 2.24) is 4.90 Å². The fourth-order valence-corrected chi connectivity index (χ4v) is 1.88. The van der Waals surface area contributed by atoms with Crippen LogP contribution in [0, 0.1) is 5.82 Å². The third kappa shape index (κ3) is 4.03. The summed E-state index contributed by atoms with van der Waals surface area (Å²) in [5, 5.41) is 10.0. The van der Waals surface area contributed by atoms with Crippen molar-refractivity contribution in [2.45, 2.75) is 33.4 Å². The Morgan fingerprint density at radius 1 is 1.40 bits per heavy atom. The van der Waals surface area contributed by atoms with Crippen molar-refractivity contribution in [2.24, 2.45) is 5.73 Å². The van der Waals surface area contributed by atoms with Crippen molar-refractivity contribution in [3.63, 3.8) is 0 Å². The number of hydrogen-bond acceptors (Lipinski definition) is 4. The molecule has 0 aliphatic carbocycles. The number of nitrogens with zero attached hydrogens (tertiary/aromatic N) is 1. The third-order valence-electron chi connectivity index (χ3n) is 3.00. The Kier molecular flexibility index (Phi) is 5.21. The predicted octanol–water partition coefficient (Wildman–Crippen LogP) is 1.43. The molecule has 1 rings (SSSR count). The van der Waals surface area contributed by atoms with Crippen LogP contribution in [-0.2, 0) is 11.3 Å². The fourth-order valence-electron chi connectivity index (χ4n) is 1.88. The van der Waals surface area contributed by atoms with E-state index in [0.29, 0.717) is 0 Å². The minimum absolute atomic E-state index is 0.0109. The van der Waals surface area contributed by atoms with Crippen molar-refractivity contribution < 1.29 is 19.1 Å². The monoisotopic (exact) mass is 282 g/mol. The number of carbonyl (C=O) groups is 2. The molecule has 0 spiro atoms. The van der Waals surface area contributed by atoms with Gasteiger partial charge >= 0.3 is 0 Å². The van der Waals surface area contributed by atoms with Gasteiger partial charge in [0.1, 0.15) is 11.6 Å². The van der Waals surface area contributed by atoms with Crippen molar-refractivity contribution in [2.75, 3.05) is 6.54 Å². The van der Waals surface area contributed by atoms with E-state index < -0.39 is 17.5 Å². The molecule has 20 heavy (non-hydrogen) atoms. The first-order valence-electron chi connectivity index (χ1n) is 6.27. The van der Waals surface area contributed by atoms with E-state index in [9.17, 15) is 19.1 Å². The largest absolute Gasteiger partial charge is 0.507 e. The molecule has 0 aliphatic heterocycles. The molecule has 0 heterocycles. The quantitative estimate of drug-likeness (QED) is 0.773. The molecule has 1 aromatic rings. The van der Waals surface area contributed by atoms with Crippen LogP contribution in [0.3, 0.4) is 0 Å². The highest BCUT2D eigenvalue weighted by molar-refractivity contribution is 5.97. The van der Waals surface area contributed by atoms with Gasteiger partial charge in [0.15, 0.2) is 5.78 Å². The number of halogens is 1. The standard InChI is InChI=1S/C14H19FN2O3/c1-8(2)17(7-13(16)19)6-10-4-11(15)5-12(9(3)18)14(10)20/h4-5,8,20H,6-7H2,1-3H3,(H2,16,19). The second-order valence-electron chi connectivity index (χ2n) is 4.98. The van der Waals surface area contributed by atoms with Gasteiger partial charge in [-0.3, -0.25) is 14.5 Å². The Hall–Kier alpha value is -1.95. The summed E-state index contributed by atoms with van der Waals surface area (Å²) in [6.07, 6.45) is 0. The Labute approximate surface area is 117 Å². The summed E-state index contributed by atoms with van der Waals surface area (Å²) in [7, 11) is 0. The smallest absolute Gasteiger partial charge is 0.231 e. The van der Waals surface area contributed by atoms with Crippen molar-refractivity contribution >= 4 is 11.7 Å². The predicted molar refractivity (Wildman–Crippen MR) is 72.8 cm³/mol.